The predicted molar refractivity (Wildman–Crippen MR) is 103 cm³/mol. The number of hydrogen-bond donors (Lipinski definition) is 2. The van der Waals surface area contributed by atoms with Crippen molar-refractivity contribution in [3.8, 4) is 0 Å². The molecule has 4 rings (SSSR count). The van der Waals surface area contributed by atoms with Crippen LogP contribution in [0.4, 0.5) is 4.79 Å². The summed E-state index contributed by atoms with van der Waals surface area (Å²) < 4.78 is 1.86. The number of piperidine rings is 1. The lowest BCUT2D eigenvalue weighted by Gasteiger charge is -2.30. The molecule has 1 aromatic carbocycles. The second kappa shape index (κ2) is 6.72. The Morgan fingerprint density at radius 1 is 1.33 bits per heavy atom. The van der Waals surface area contributed by atoms with Gasteiger partial charge in [-0.1, -0.05) is 26.0 Å². The van der Waals surface area contributed by atoms with Crippen molar-refractivity contribution in [2.75, 3.05) is 13.1 Å². The minimum Gasteiger partial charge on any atom is -0.465 e. The molecule has 142 valence electrons. The number of amides is 1. The normalized spacial score (nSPS) is 15.9. The van der Waals surface area contributed by atoms with E-state index in [-0.39, 0.29) is 11.5 Å². The van der Waals surface area contributed by atoms with Crippen LogP contribution in [-0.4, -0.2) is 43.8 Å². The number of likely N-dealkylation sites (tertiary alicyclic amines) is 1. The molecular weight excluding hydrogens is 344 g/mol. The first-order valence-corrected chi connectivity index (χ1v) is 9.45. The molecule has 0 radical (unpaired) electrons. The number of benzene rings is 1. The summed E-state index contributed by atoms with van der Waals surface area (Å²) in [7, 11) is 0. The van der Waals surface area contributed by atoms with E-state index in [1.807, 2.05) is 16.6 Å². The first-order chi connectivity index (χ1) is 12.9. The molecule has 0 bridgehead atoms. The number of hydrogen-bond acceptors (Lipinski definition) is 3. The van der Waals surface area contributed by atoms with Gasteiger partial charge in [0.15, 0.2) is 0 Å². The predicted octanol–water partition coefficient (Wildman–Crippen LogP) is 3.23. The number of rotatable bonds is 3. The minimum absolute atomic E-state index is 0.119. The molecule has 3 aromatic rings. The molecule has 0 saturated carbocycles. The third-order valence-electron chi connectivity index (χ3n) is 5.36. The van der Waals surface area contributed by atoms with Crippen molar-refractivity contribution < 1.29 is 9.90 Å². The number of H-pyrrole nitrogens is 1. The summed E-state index contributed by atoms with van der Waals surface area (Å²) in [6.07, 6.45) is 1.43. The Hall–Kier alpha value is -2.83. The zero-order valence-corrected chi connectivity index (χ0v) is 15.6. The fourth-order valence-electron chi connectivity index (χ4n) is 4.12. The molecule has 2 aromatic heterocycles. The van der Waals surface area contributed by atoms with Crippen molar-refractivity contribution in [3.05, 3.63) is 45.9 Å². The Morgan fingerprint density at radius 2 is 2.07 bits per heavy atom. The molecule has 1 aliphatic heterocycles. The molecule has 2 N–H and O–H groups in total. The summed E-state index contributed by atoms with van der Waals surface area (Å²) in [5.41, 5.74) is 3.53. The molecule has 0 atom stereocenters. The number of fused-ring (bicyclic) bond motifs is 3. The fourth-order valence-corrected chi connectivity index (χ4v) is 4.12. The Labute approximate surface area is 156 Å². The maximum absolute atomic E-state index is 12.4. The maximum Gasteiger partial charge on any atom is 0.407 e. The Kier molecular flexibility index (Phi) is 4.37. The zero-order valence-electron chi connectivity index (χ0n) is 15.6. The van der Waals surface area contributed by atoms with Crippen LogP contribution in [0.3, 0.4) is 0 Å². The van der Waals surface area contributed by atoms with Gasteiger partial charge in [0, 0.05) is 30.5 Å². The number of carboxylic acid groups (broad SMARTS) is 1. The Bertz CT molecular complexity index is 1060. The monoisotopic (exact) mass is 368 g/mol. The molecule has 1 fully saturated rings. The van der Waals surface area contributed by atoms with Crippen molar-refractivity contribution >= 4 is 22.6 Å². The fraction of sp³-hybridized carbons (Fsp3) is 0.450. The summed E-state index contributed by atoms with van der Waals surface area (Å²) in [5, 5.41) is 14.9. The SMILES string of the molecule is CC(C)Cc1cccc2nn3c(C4CCN(C(=O)O)CC4)cc(=O)[nH]c3c12. The molecule has 1 amide bonds. The molecule has 0 spiro atoms. The largest absolute Gasteiger partial charge is 0.465 e. The highest BCUT2D eigenvalue weighted by Gasteiger charge is 2.26. The van der Waals surface area contributed by atoms with E-state index in [1.165, 1.54) is 10.5 Å². The topological polar surface area (TPSA) is 90.7 Å². The van der Waals surface area contributed by atoms with Crippen molar-refractivity contribution in [1.29, 1.82) is 0 Å². The van der Waals surface area contributed by atoms with Crippen LogP contribution in [-0.2, 0) is 6.42 Å². The number of aromatic nitrogens is 3. The third-order valence-corrected chi connectivity index (χ3v) is 5.36. The van der Waals surface area contributed by atoms with E-state index >= 15 is 0 Å². The Balaban J connectivity index is 1.83. The van der Waals surface area contributed by atoms with Crippen LogP contribution in [0.15, 0.2) is 29.1 Å². The van der Waals surface area contributed by atoms with Gasteiger partial charge in [0.25, 0.3) is 5.56 Å². The second-order valence-corrected chi connectivity index (χ2v) is 7.77. The molecule has 0 unspecified atom stereocenters. The van der Waals surface area contributed by atoms with E-state index in [4.69, 9.17) is 10.2 Å². The van der Waals surface area contributed by atoms with E-state index in [0.29, 0.717) is 31.8 Å². The van der Waals surface area contributed by atoms with E-state index < -0.39 is 6.09 Å². The first-order valence-electron chi connectivity index (χ1n) is 9.45. The molecule has 3 heterocycles. The average molecular weight is 368 g/mol. The molecular formula is C20H24N4O3. The third kappa shape index (κ3) is 3.18. The van der Waals surface area contributed by atoms with Crippen LogP contribution in [0.5, 0.6) is 0 Å². The molecule has 1 aliphatic rings. The van der Waals surface area contributed by atoms with Gasteiger partial charge < -0.3 is 15.0 Å². The van der Waals surface area contributed by atoms with Gasteiger partial charge in [0.05, 0.1) is 11.2 Å². The van der Waals surface area contributed by atoms with Crippen LogP contribution < -0.4 is 5.56 Å². The van der Waals surface area contributed by atoms with Gasteiger partial charge in [0.2, 0.25) is 0 Å². The highest BCUT2D eigenvalue weighted by Crippen LogP contribution is 2.30. The molecule has 27 heavy (non-hydrogen) atoms. The molecule has 7 nitrogen and oxygen atoms in total. The quantitative estimate of drug-likeness (QED) is 0.742. The maximum atomic E-state index is 12.4. The van der Waals surface area contributed by atoms with Crippen LogP contribution in [0.2, 0.25) is 0 Å². The zero-order chi connectivity index (χ0) is 19.1. The Morgan fingerprint density at radius 3 is 2.74 bits per heavy atom. The van der Waals surface area contributed by atoms with Gasteiger partial charge in [-0.05, 0) is 36.8 Å². The molecule has 0 aliphatic carbocycles. The second-order valence-electron chi connectivity index (χ2n) is 7.77. The average Bonchev–Trinajstić information content (AvgIpc) is 3.00. The minimum atomic E-state index is -0.882. The lowest BCUT2D eigenvalue weighted by atomic mass is 9.93. The highest BCUT2D eigenvalue weighted by molar-refractivity contribution is 5.95. The van der Waals surface area contributed by atoms with Gasteiger partial charge in [-0.15, -0.1) is 0 Å². The van der Waals surface area contributed by atoms with E-state index in [9.17, 15) is 9.59 Å². The lowest BCUT2D eigenvalue weighted by molar-refractivity contribution is 0.131. The number of nitrogens with zero attached hydrogens (tertiary/aromatic N) is 3. The van der Waals surface area contributed by atoms with Crippen LogP contribution in [0, 0.1) is 5.92 Å². The standard InChI is InChI=1S/C20H24N4O3/c1-12(2)10-14-4-3-5-15-18(14)19-21-17(25)11-16(24(19)22-15)13-6-8-23(9-7-13)20(26)27/h3-5,11-13H,6-10H2,1-2H3,(H,21,25)(H,26,27). The van der Waals surface area contributed by atoms with Gasteiger partial charge in [-0.2, -0.15) is 5.10 Å². The van der Waals surface area contributed by atoms with Gasteiger partial charge >= 0.3 is 6.09 Å². The summed E-state index contributed by atoms with van der Waals surface area (Å²) in [4.78, 5) is 28.0. The van der Waals surface area contributed by atoms with Crippen molar-refractivity contribution in [3.63, 3.8) is 0 Å². The number of nitrogens with one attached hydrogen (secondary N) is 1. The summed E-state index contributed by atoms with van der Waals surface area (Å²) in [6, 6.07) is 7.69. The van der Waals surface area contributed by atoms with E-state index in [1.54, 1.807) is 6.07 Å². The lowest BCUT2D eigenvalue weighted by Crippen LogP contribution is -2.37. The van der Waals surface area contributed by atoms with E-state index in [0.717, 1.165) is 28.7 Å². The number of aromatic amines is 1. The summed E-state index contributed by atoms with van der Waals surface area (Å²) in [5.74, 6) is 0.620. The van der Waals surface area contributed by atoms with Gasteiger partial charge in [0.1, 0.15) is 5.65 Å². The molecule has 1 saturated heterocycles. The van der Waals surface area contributed by atoms with Crippen molar-refractivity contribution in [2.45, 2.75) is 39.0 Å². The summed E-state index contributed by atoms with van der Waals surface area (Å²) >= 11 is 0. The molecule has 7 heteroatoms. The van der Waals surface area contributed by atoms with Crippen LogP contribution >= 0.6 is 0 Å². The van der Waals surface area contributed by atoms with Crippen molar-refractivity contribution in [2.24, 2.45) is 5.92 Å². The van der Waals surface area contributed by atoms with Gasteiger partial charge in [-0.25, -0.2) is 9.31 Å². The number of carbonyl (C=O) groups is 1. The first kappa shape index (κ1) is 17.6. The van der Waals surface area contributed by atoms with Crippen LogP contribution in [0.1, 0.15) is 43.9 Å². The van der Waals surface area contributed by atoms with E-state index in [2.05, 4.69) is 24.9 Å². The highest BCUT2D eigenvalue weighted by atomic mass is 16.4. The summed E-state index contributed by atoms with van der Waals surface area (Å²) in [6.45, 7) is 5.31. The van der Waals surface area contributed by atoms with Crippen LogP contribution in [0.25, 0.3) is 16.6 Å². The smallest absolute Gasteiger partial charge is 0.407 e. The van der Waals surface area contributed by atoms with Gasteiger partial charge in [-0.3, -0.25) is 4.79 Å². The van der Waals surface area contributed by atoms with Crippen molar-refractivity contribution in [1.82, 2.24) is 19.5 Å².